The smallest absolute Gasteiger partial charge is 0.265 e. The van der Waals surface area contributed by atoms with Crippen molar-refractivity contribution in [3.63, 3.8) is 0 Å². The number of aliphatic hydroxyl groups is 1. The van der Waals surface area contributed by atoms with Crippen LogP contribution in [0.2, 0.25) is 0 Å². The van der Waals surface area contributed by atoms with Gasteiger partial charge in [0.15, 0.2) is 5.85 Å². The van der Waals surface area contributed by atoms with E-state index in [4.69, 9.17) is 4.52 Å². The predicted octanol–water partition coefficient (Wildman–Crippen LogP) is 2.78. The van der Waals surface area contributed by atoms with E-state index in [2.05, 4.69) is 4.98 Å². The number of hydrogen-bond acceptors (Lipinski definition) is 5. The Labute approximate surface area is 131 Å². The van der Waals surface area contributed by atoms with Crippen LogP contribution >= 0.6 is 7.37 Å². The van der Waals surface area contributed by atoms with Crippen LogP contribution in [0.5, 0.6) is 0 Å². The number of nitrogens with zero attached hydrogens (tertiary/aromatic N) is 2. The van der Waals surface area contributed by atoms with Crippen LogP contribution in [0.4, 0.5) is 5.69 Å². The van der Waals surface area contributed by atoms with Crippen LogP contribution < -0.4 is 10.2 Å². The molecule has 0 aliphatic heterocycles. The highest BCUT2D eigenvalue weighted by molar-refractivity contribution is 7.67. The van der Waals surface area contributed by atoms with Crippen molar-refractivity contribution in [2.45, 2.75) is 12.8 Å². The van der Waals surface area contributed by atoms with Gasteiger partial charge in [-0.3, -0.25) is 9.55 Å². The zero-order valence-corrected chi connectivity index (χ0v) is 13.9. The molecule has 0 radical (unpaired) electrons. The van der Waals surface area contributed by atoms with Crippen molar-refractivity contribution in [2.24, 2.45) is 0 Å². The number of aromatic nitrogens is 1. The molecule has 118 valence electrons. The van der Waals surface area contributed by atoms with Crippen LogP contribution in [0.1, 0.15) is 18.5 Å². The van der Waals surface area contributed by atoms with Gasteiger partial charge in [0, 0.05) is 31.3 Å². The van der Waals surface area contributed by atoms with E-state index in [1.165, 1.54) is 0 Å². The van der Waals surface area contributed by atoms with E-state index in [-0.39, 0.29) is 6.61 Å². The molecule has 0 spiro atoms. The normalized spacial score (nSPS) is 15.1. The summed E-state index contributed by atoms with van der Waals surface area (Å²) in [5.41, 5.74) is 1.33. The van der Waals surface area contributed by atoms with Gasteiger partial charge in [-0.1, -0.05) is 6.07 Å². The molecule has 1 N–H and O–H groups in total. The van der Waals surface area contributed by atoms with Gasteiger partial charge >= 0.3 is 0 Å². The quantitative estimate of drug-likeness (QED) is 0.829. The van der Waals surface area contributed by atoms with Crippen molar-refractivity contribution in [1.29, 1.82) is 0 Å². The van der Waals surface area contributed by atoms with Crippen LogP contribution in [0.25, 0.3) is 0 Å². The first-order valence-corrected chi connectivity index (χ1v) is 8.79. The molecule has 2 atom stereocenters. The van der Waals surface area contributed by atoms with Crippen LogP contribution in [0, 0.1) is 0 Å². The molecule has 0 amide bonds. The van der Waals surface area contributed by atoms with Gasteiger partial charge in [-0.15, -0.1) is 0 Å². The second kappa shape index (κ2) is 7.05. The first-order valence-electron chi connectivity index (χ1n) is 7.10. The number of aliphatic hydroxyl groups excluding tert-OH is 1. The largest absolute Gasteiger partial charge is 0.378 e. The zero-order valence-electron chi connectivity index (χ0n) is 13.0. The molecule has 22 heavy (non-hydrogen) atoms. The van der Waals surface area contributed by atoms with Crippen molar-refractivity contribution < 1.29 is 14.2 Å². The lowest BCUT2D eigenvalue weighted by atomic mass is 10.3. The Morgan fingerprint density at radius 2 is 1.91 bits per heavy atom. The molecule has 0 saturated carbocycles. The number of benzene rings is 1. The molecule has 1 heterocycles. The van der Waals surface area contributed by atoms with Crippen molar-refractivity contribution in [2.75, 3.05) is 25.6 Å². The number of hydrogen-bond donors (Lipinski definition) is 1. The minimum atomic E-state index is -3.46. The Balaban J connectivity index is 2.41. The Bertz CT molecular complexity index is 644. The van der Waals surface area contributed by atoms with E-state index < -0.39 is 13.2 Å². The highest BCUT2D eigenvalue weighted by Crippen LogP contribution is 2.57. The average Bonchev–Trinajstić information content (AvgIpc) is 2.55. The van der Waals surface area contributed by atoms with Gasteiger partial charge in [0.25, 0.3) is 7.37 Å². The van der Waals surface area contributed by atoms with Crippen molar-refractivity contribution in [1.82, 2.24) is 4.98 Å². The Kier molecular flexibility index (Phi) is 5.35. The third kappa shape index (κ3) is 3.38. The SMILES string of the molecule is CCO[P@@](=O)(c1ccc(N(C)C)cc1)[C@H](O)c1ccccn1. The number of anilines is 1. The van der Waals surface area contributed by atoms with Crippen LogP contribution in [-0.2, 0) is 9.09 Å². The predicted molar refractivity (Wildman–Crippen MR) is 88.8 cm³/mol. The summed E-state index contributed by atoms with van der Waals surface area (Å²) in [5.74, 6) is -1.28. The number of rotatable bonds is 6. The lowest BCUT2D eigenvalue weighted by molar-refractivity contribution is 0.214. The zero-order chi connectivity index (χ0) is 16.2. The standard InChI is InChI=1S/C16H21N2O3P/c1-4-21-22(20,16(19)15-7-5-6-12-17-15)14-10-8-13(9-11-14)18(2)3/h5-12,16,19H,4H2,1-3H3/t16-,22-/m0/s1. The molecule has 6 heteroatoms. The molecule has 0 saturated heterocycles. The second-order valence-corrected chi connectivity index (χ2v) is 7.51. The third-order valence-corrected chi connectivity index (χ3v) is 5.89. The van der Waals surface area contributed by atoms with E-state index in [1.807, 2.05) is 31.1 Å². The van der Waals surface area contributed by atoms with Gasteiger partial charge in [-0.2, -0.15) is 0 Å². The van der Waals surface area contributed by atoms with E-state index in [9.17, 15) is 9.67 Å². The maximum atomic E-state index is 13.3. The van der Waals surface area contributed by atoms with Crippen molar-refractivity contribution >= 4 is 18.4 Å². The van der Waals surface area contributed by atoms with Crippen LogP contribution in [0.15, 0.2) is 48.7 Å². The second-order valence-electron chi connectivity index (χ2n) is 5.05. The summed E-state index contributed by atoms with van der Waals surface area (Å²) in [7, 11) is 0.401. The summed E-state index contributed by atoms with van der Waals surface area (Å²) in [4.78, 5) is 6.04. The number of pyridine rings is 1. The van der Waals surface area contributed by atoms with Gasteiger partial charge in [-0.05, 0) is 43.3 Å². The lowest BCUT2D eigenvalue weighted by Gasteiger charge is -2.24. The molecule has 2 aromatic rings. The maximum absolute atomic E-state index is 13.3. The molecule has 1 aromatic carbocycles. The van der Waals surface area contributed by atoms with E-state index >= 15 is 0 Å². The maximum Gasteiger partial charge on any atom is 0.265 e. The van der Waals surface area contributed by atoms with Crippen LogP contribution in [0.3, 0.4) is 0 Å². The summed E-state index contributed by atoms with van der Waals surface area (Å²) >= 11 is 0. The summed E-state index contributed by atoms with van der Waals surface area (Å²) in [6.07, 6.45) is 1.56. The van der Waals surface area contributed by atoms with E-state index in [0.29, 0.717) is 11.0 Å². The highest BCUT2D eigenvalue weighted by atomic mass is 31.2. The van der Waals surface area contributed by atoms with Crippen molar-refractivity contribution in [3.8, 4) is 0 Å². The molecular weight excluding hydrogens is 299 g/mol. The fourth-order valence-electron chi connectivity index (χ4n) is 2.14. The first kappa shape index (κ1) is 16.7. The van der Waals surface area contributed by atoms with Gasteiger partial charge in [0.2, 0.25) is 0 Å². The monoisotopic (exact) mass is 320 g/mol. The molecule has 0 fully saturated rings. The minimum Gasteiger partial charge on any atom is -0.378 e. The average molecular weight is 320 g/mol. The highest BCUT2D eigenvalue weighted by Gasteiger charge is 2.36. The summed E-state index contributed by atoms with van der Waals surface area (Å²) < 4.78 is 18.8. The van der Waals surface area contributed by atoms with Gasteiger partial charge in [0.1, 0.15) is 0 Å². The Hall–Kier alpha value is -1.68. The summed E-state index contributed by atoms with van der Waals surface area (Å²) in [6.45, 7) is 2.00. The topological polar surface area (TPSA) is 62.7 Å². The molecule has 1 aromatic heterocycles. The summed E-state index contributed by atoms with van der Waals surface area (Å²) in [5, 5.41) is 11.0. The van der Waals surface area contributed by atoms with Crippen molar-refractivity contribution in [3.05, 3.63) is 54.4 Å². The minimum absolute atomic E-state index is 0.247. The fraction of sp³-hybridized carbons (Fsp3) is 0.312. The lowest BCUT2D eigenvalue weighted by Crippen LogP contribution is -2.16. The molecule has 0 aliphatic rings. The first-order chi connectivity index (χ1) is 10.5. The molecule has 0 aliphatic carbocycles. The van der Waals surface area contributed by atoms with Crippen LogP contribution in [-0.4, -0.2) is 30.8 Å². The van der Waals surface area contributed by atoms with Gasteiger partial charge < -0.3 is 14.5 Å². The molecule has 5 nitrogen and oxygen atoms in total. The molecular formula is C16H21N2O3P. The summed E-state index contributed by atoms with van der Waals surface area (Å²) in [6, 6.07) is 12.3. The third-order valence-electron chi connectivity index (χ3n) is 3.32. The molecule has 2 rings (SSSR count). The van der Waals surface area contributed by atoms with Gasteiger partial charge in [-0.25, -0.2) is 0 Å². The molecule has 0 unspecified atom stereocenters. The van der Waals surface area contributed by atoms with E-state index in [1.54, 1.807) is 43.5 Å². The fourth-order valence-corrected chi connectivity index (χ4v) is 4.16. The van der Waals surface area contributed by atoms with E-state index in [0.717, 1.165) is 5.69 Å². The Morgan fingerprint density at radius 1 is 1.23 bits per heavy atom. The molecule has 0 bridgehead atoms. The van der Waals surface area contributed by atoms with Gasteiger partial charge in [0.05, 0.1) is 12.3 Å². The Morgan fingerprint density at radius 3 is 2.41 bits per heavy atom.